The van der Waals surface area contributed by atoms with Crippen LogP contribution < -0.4 is 0 Å². The molecule has 0 fully saturated rings. The van der Waals surface area contributed by atoms with Gasteiger partial charge in [-0.3, -0.25) is 8.88 Å². The summed E-state index contributed by atoms with van der Waals surface area (Å²) in [5.74, 6) is 0. The van der Waals surface area contributed by atoms with Gasteiger partial charge in [0.1, 0.15) is 0 Å². The molecule has 2 atom stereocenters. The molecule has 0 aromatic rings. The molecule has 0 radical (unpaired) electrons. The Bertz CT molecular complexity index is 72.9. The summed E-state index contributed by atoms with van der Waals surface area (Å²) in [4.78, 5) is 8.14. The average Bonchev–Trinajstić information content (AvgIpc) is 1.35. The van der Waals surface area contributed by atoms with E-state index in [1.165, 1.54) is 0 Å². The molecule has 0 spiro atoms. The lowest BCUT2D eigenvalue weighted by atomic mass is 12.0. The fraction of sp³-hybridized carbons (Fsp3) is 1.00. The first-order valence-electron chi connectivity index (χ1n) is 1.25. The first-order valence-corrected chi connectivity index (χ1v) is 3.74. The molecule has 0 saturated heterocycles. The van der Waals surface area contributed by atoms with Crippen molar-refractivity contribution in [1.82, 2.24) is 0 Å². The van der Waals surface area contributed by atoms with Crippen molar-refractivity contribution < 1.29 is 13.8 Å². The molecule has 0 aliphatic carbocycles. The lowest BCUT2D eigenvalue weighted by molar-refractivity contribution is 0.409. The third-order valence-corrected chi connectivity index (χ3v) is 1.76. The van der Waals surface area contributed by atoms with E-state index >= 15 is 0 Å². The van der Waals surface area contributed by atoms with E-state index in [1.807, 2.05) is 0 Å². The van der Waals surface area contributed by atoms with Crippen molar-refractivity contribution in [3.8, 4) is 0 Å². The maximum atomic E-state index is 9.90. The zero-order valence-electron chi connectivity index (χ0n) is 3.29. The van der Waals surface area contributed by atoms with E-state index in [-0.39, 0.29) is 0 Å². The van der Waals surface area contributed by atoms with Gasteiger partial charge in [-0.15, -0.1) is 0 Å². The number of rotatable bonds is 1. The lowest BCUT2D eigenvalue weighted by Gasteiger charge is -1.95. The predicted molar refractivity (Wildman–Crippen MR) is 26.5 cm³/mol. The fourth-order valence-electron chi connectivity index (χ4n) is 0. The third kappa shape index (κ3) is 4.58. The van der Waals surface area contributed by atoms with Crippen molar-refractivity contribution in [2.75, 3.05) is 6.66 Å². The summed E-state index contributed by atoms with van der Waals surface area (Å²) < 4.78 is 13.9. The van der Waals surface area contributed by atoms with E-state index < -0.39 is 7.60 Å². The molecule has 0 amide bonds. The molecule has 0 aliphatic rings. The highest BCUT2D eigenvalue weighted by Crippen LogP contribution is 2.38. The van der Waals surface area contributed by atoms with Crippen LogP contribution in [0.1, 0.15) is 0 Å². The van der Waals surface area contributed by atoms with Crippen LogP contribution >= 0.6 is 17.1 Å². The molecular formula is CH6O3P2. The van der Waals surface area contributed by atoms with Crippen LogP contribution in [0.5, 0.6) is 0 Å². The summed E-state index contributed by atoms with van der Waals surface area (Å²) in [6.45, 7) is 1.11. The van der Waals surface area contributed by atoms with E-state index in [1.54, 1.807) is 9.47 Å². The molecule has 0 aliphatic heterocycles. The van der Waals surface area contributed by atoms with Gasteiger partial charge in [0.25, 0.3) is 0 Å². The van der Waals surface area contributed by atoms with Crippen molar-refractivity contribution in [2.45, 2.75) is 0 Å². The quantitative estimate of drug-likeness (QED) is 0.526. The molecular weight excluding hydrogens is 122 g/mol. The maximum Gasteiger partial charge on any atom is 0.327 e. The Morgan fingerprint density at radius 3 is 2.17 bits per heavy atom. The minimum Gasteiger partial charge on any atom is -0.324 e. The molecule has 3 nitrogen and oxygen atoms in total. The van der Waals surface area contributed by atoms with Gasteiger partial charge in [0.15, 0.2) is 0 Å². The highest BCUT2D eigenvalue weighted by atomic mass is 31.2. The smallest absolute Gasteiger partial charge is 0.324 e. The lowest BCUT2D eigenvalue weighted by Crippen LogP contribution is -1.68. The summed E-state index contributed by atoms with van der Waals surface area (Å²) in [5, 5.41) is 0. The van der Waals surface area contributed by atoms with Gasteiger partial charge < -0.3 is 4.89 Å². The summed E-state index contributed by atoms with van der Waals surface area (Å²) in [6.07, 6.45) is 0. The van der Waals surface area contributed by atoms with Gasteiger partial charge in [0.05, 0.1) is 0 Å². The van der Waals surface area contributed by atoms with Gasteiger partial charge in [-0.25, -0.2) is 0 Å². The normalized spacial score (nSPS) is 19.8. The Morgan fingerprint density at radius 2 is 2.17 bits per heavy atom. The van der Waals surface area contributed by atoms with Crippen LogP contribution in [0.3, 0.4) is 0 Å². The number of hydrogen-bond donors (Lipinski definition) is 1. The second-order valence-corrected chi connectivity index (χ2v) is 3.36. The van der Waals surface area contributed by atoms with Gasteiger partial charge >= 0.3 is 7.60 Å². The molecule has 2 unspecified atom stereocenters. The van der Waals surface area contributed by atoms with Gasteiger partial charge in [-0.05, 0) is 0 Å². The molecule has 0 saturated carbocycles. The second-order valence-electron chi connectivity index (χ2n) is 0.908. The summed E-state index contributed by atoms with van der Waals surface area (Å²) >= 11 is 0. The minimum atomic E-state index is -3.18. The molecule has 38 valence electrons. The van der Waals surface area contributed by atoms with Gasteiger partial charge in [-0.1, -0.05) is 0 Å². The minimum absolute atomic E-state index is 1.11. The molecule has 0 heterocycles. The summed E-state index contributed by atoms with van der Waals surface area (Å²) in [7, 11) is -1.47. The van der Waals surface area contributed by atoms with Crippen molar-refractivity contribution in [3.63, 3.8) is 0 Å². The Kier molecular flexibility index (Phi) is 2.23. The zero-order valence-corrected chi connectivity index (χ0v) is 5.34. The van der Waals surface area contributed by atoms with Crippen LogP contribution in [0.4, 0.5) is 0 Å². The highest BCUT2D eigenvalue weighted by molar-refractivity contribution is 7.56. The van der Waals surface area contributed by atoms with Gasteiger partial charge in [-0.2, -0.15) is 0 Å². The van der Waals surface area contributed by atoms with Crippen LogP contribution in [-0.4, -0.2) is 11.6 Å². The van der Waals surface area contributed by atoms with Crippen LogP contribution in [0.15, 0.2) is 0 Å². The molecule has 0 aromatic heterocycles. The Balaban J connectivity index is 3.48. The van der Waals surface area contributed by atoms with Crippen molar-refractivity contribution >= 4 is 17.1 Å². The first-order chi connectivity index (χ1) is 2.56. The Hall–Kier alpha value is 0.580. The van der Waals surface area contributed by atoms with Gasteiger partial charge in [0.2, 0.25) is 0 Å². The third-order valence-electron chi connectivity index (χ3n) is 0.196. The summed E-state index contributed by atoms with van der Waals surface area (Å²) in [5.41, 5.74) is 0. The van der Waals surface area contributed by atoms with E-state index in [0.717, 1.165) is 6.66 Å². The van der Waals surface area contributed by atoms with Crippen LogP contribution in [0.25, 0.3) is 0 Å². The Morgan fingerprint density at radius 1 is 2.00 bits per heavy atom. The zero-order chi connectivity index (χ0) is 5.21. The van der Waals surface area contributed by atoms with Crippen molar-refractivity contribution in [3.05, 3.63) is 0 Å². The fourth-order valence-corrected chi connectivity index (χ4v) is 0. The average molecular weight is 128 g/mol. The van der Waals surface area contributed by atoms with Crippen LogP contribution in [0.2, 0.25) is 0 Å². The van der Waals surface area contributed by atoms with E-state index in [2.05, 4.69) is 4.31 Å². The molecule has 0 aromatic carbocycles. The SMILES string of the molecule is CP(=O)(O)OP. The van der Waals surface area contributed by atoms with E-state index in [4.69, 9.17) is 4.89 Å². The van der Waals surface area contributed by atoms with Gasteiger partial charge in [0, 0.05) is 16.1 Å². The maximum absolute atomic E-state index is 9.90. The molecule has 6 heavy (non-hydrogen) atoms. The topological polar surface area (TPSA) is 46.5 Å². The number of hydrogen-bond acceptors (Lipinski definition) is 2. The van der Waals surface area contributed by atoms with Crippen molar-refractivity contribution in [2.24, 2.45) is 0 Å². The molecule has 0 bridgehead atoms. The molecule has 5 heteroatoms. The standard InChI is InChI=1S/CH6O3P2/c1-6(2,3)4-5/h5H2,1H3,(H,2,3). The first kappa shape index (κ1) is 6.58. The van der Waals surface area contributed by atoms with E-state index in [0.29, 0.717) is 0 Å². The molecule has 0 rings (SSSR count). The Labute approximate surface area is 38.5 Å². The molecule has 1 N–H and O–H groups in total. The van der Waals surface area contributed by atoms with E-state index in [9.17, 15) is 4.57 Å². The second kappa shape index (κ2) is 2.04. The predicted octanol–water partition coefficient (Wildman–Crippen LogP) is 0.608. The monoisotopic (exact) mass is 128 g/mol. The van der Waals surface area contributed by atoms with Crippen LogP contribution in [0, 0.1) is 0 Å². The van der Waals surface area contributed by atoms with Crippen molar-refractivity contribution in [1.29, 1.82) is 0 Å². The summed E-state index contributed by atoms with van der Waals surface area (Å²) in [6, 6.07) is 0. The van der Waals surface area contributed by atoms with Crippen LogP contribution in [-0.2, 0) is 8.88 Å². The largest absolute Gasteiger partial charge is 0.327 e. The highest BCUT2D eigenvalue weighted by Gasteiger charge is 2.03.